The normalized spacial score (nSPS) is 10.4. The van der Waals surface area contributed by atoms with Crippen LogP contribution in [0.1, 0.15) is 17.1 Å². The number of pyridine rings is 1. The van der Waals surface area contributed by atoms with Crippen molar-refractivity contribution in [3.05, 3.63) is 51.8 Å². The van der Waals surface area contributed by atoms with Gasteiger partial charge in [-0.25, -0.2) is 9.97 Å². The van der Waals surface area contributed by atoms with Gasteiger partial charge in [-0.15, -0.1) is 0 Å². The standard InChI is InChI=1S/C13H16N4O/c1-9-5-4-6-17(13(9)18)8-12-15-10(2)7-11(14-3)16-12/h4-7H,8H2,1-3H3,(H,14,15,16). The highest BCUT2D eigenvalue weighted by Gasteiger charge is 2.04. The lowest BCUT2D eigenvalue weighted by Gasteiger charge is -2.08. The molecule has 5 heteroatoms. The second-order valence-corrected chi connectivity index (χ2v) is 4.19. The zero-order valence-electron chi connectivity index (χ0n) is 10.8. The van der Waals surface area contributed by atoms with Crippen LogP contribution in [0.3, 0.4) is 0 Å². The van der Waals surface area contributed by atoms with Gasteiger partial charge in [-0.3, -0.25) is 4.79 Å². The van der Waals surface area contributed by atoms with Gasteiger partial charge in [0.05, 0.1) is 6.54 Å². The average molecular weight is 244 g/mol. The molecule has 0 spiro atoms. The van der Waals surface area contributed by atoms with Gasteiger partial charge in [0.1, 0.15) is 5.82 Å². The highest BCUT2D eigenvalue weighted by molar-refractivity contribution is 5.34. The van der Waals surface area contributed by atoms with E-state index >= 15 is 0 Å². The van der Waals surface area contributed by atoms with Crippen LogP contribution in [0, 0.1) is 13.8 Å². The van der Waals surface area contributed by atoms with Gasteiger partial charge in [0.15, 0.2) is 5.82 Å². The van der Waals surface area contributed by atoms with Gasteiger partial charge in [0.2, 0.25) is 0 Å². The van der Waals surface area contributed by atoms with Crippen molar-refractivity contribution < 1.29 is 0 Å². The molecule has 0 atom stereocenters. The number of nitrogens with one attached hydrogen (secondary N) is 1. The molecule has 0 unspecified atom stereocenters. The van der Waals surface area contributed by atoms with E-state index in [9.17, 15) is 4.79 Å². The maximum absolute atomic E-state index is 11.9. The summed E-state index contributed by atoms with van der Waals surface area (Å²) in [4.78, 5) is 20.6. The molecule has 0 saturated heterocycles. The number of nitrogens with zero attached hydrogens (tertiary/aromatic N) is 3. The molecule has 0 amide bonds. The molecule has 2 heterocycles. The molecule has 0 bridgehead atoms. The molecule has 5 nitrogen and oxygen atoms in total. The van der Waals surface area contributed by atoms with Crippen LogP contribution < -0.4 is 10.9 Å². The molecule has 0 aliphatic rings. The van der Waals surface area contributed by atoms with Crippen LogP contribution in [-0.4, -0.2) is 21.6 Å². The molecule has 18 heavy (non-hydrogen) atoms. The second kappa shape index (κ2) is 5.00. The SMILES string of the molecule is CNc1cc(C)nc(Cn2cccc(C)c2=O)n1. The maximum Gasteiger partial charge on any atom is 0.253 e. The van der Waals surface area contributed by atoms with Gasteiger partial charge in [-0.2, -0.15) is 0 Å². The smallest absolute Gasteiger partial charge is 0.253 e. The highest BCUT2D eigenvalue weighted by Crippen LogP contribution is 2.06. The molecule has 2 aromatic rings. The largest absolute Gasteiger partial charge is 0.373 e. The predicted molar refractivity (Wildman–Crippen MR) is 70.9 cm³/mol. The van der Waals surface area contributed by atoms with Gasteiger partial charge in [-0.05, 0) is 19.9 Å². The molecule has 2 rings (SSSR count). The van der Waals surface area contributed by atoms with Crippen molar-refractivity contribution >= 4 is 5.82 Å². The summed E-state index contributed by atoms with van der Waals surface area (Å²) in [5.41, 5.74) is 1.60. The minimum atomic E-state index is -0.00591. The summed E-state index contributed by atoms with van der Waals surface area (Å²) in [7, 11) is 1.81. The van der Waals surface area contributed by atoms with E-state index in [0.29, 0.717) is 12.4 Å². The number of aromatic nitrogens is 3. The lowest BCUT2D eigenvalue weighted by molar-refractivity contribution is 0.707. The van der Waals surface area contributed by atoms with Crippen LogP contribution in [-0.2, 0) is 6.54 Å². The second-order valence-electron chi connectivity index (χ2n) is 4.19. The Hall–Kier alpha value is -2.17. The van der Waals surface area contributed by atoms with E-state index in [0.717, 1.165) is 17.1 Å². The van der Waals surface area contributed by atoms with E-state index in [1.54, 1.807) is 23.8 Å². The summed E-state index contributed by atoms with van der Waals surface area (Å²) in [5.74, 6) is 1.39. The third-order valence-corrected chi connectivity index (χ3v) is 2.68. The van der Waals surface area contributed by atoms with Crippen LogP contribution in [0.15, 0.2) is 29.2 Å². The zero-order valence-corrected chi connectivity index (χ0v) is 10.8. The molecule has 1 N–H and O–H groups in total. The highest BCUT2D eigenvalue weighted by atomic mass is 16.1. The number of rotatable bonds is 3. The van der Waals surface area contributed by atoms with Gasteiger partial charge in [0, 0.05) is 30.6 Å². The topological polar surface area (TPSA) is 59.8 Å². The molecule has 0 radical (unpaired) electrons. The van der Waals surface area contributed by atoms with E-state index in [-0.39, 0.29) is 5.56 Å². The van der Waals surface area contributed by atoms with E-state index < -0.39 is 0 Å². The molecule has 0 aromatic carbocycles. The Morgan fingerprint density at radius 1 is 1.33 bits per heavy atom. The summed E-state index contributed by atoms with van der Waals surface area (Å²) in [5, 5.41) is 2.98. The van der Waals surface area contributed by atoms with E-state index in [4.69, 9.17) is 0 Å². The van der Waals surface area contributed by atoms with Crippen molar-refractivity contribution in [2.75, 3.05) is 12.4 Å². The molecular formula is C13H16N4O. The van der Waals surface area contributed by atoms with Gasteiger partial charge >= 0.3 is 0 Å². The molecular weight excluding hydrogens is 228 g/mol. The summed E-state index contributed by atoms with van der Waals surface area (Å²) in [6.07, 6.45) is 1.75. The Labute approximate surface area is 106 Å². The van der Waals surface area contributed by atoms with E-state index in [2.05, 4.69) is 15.3 Å². The molecule has 0 aliphatic carbocycles. The Morgan fingerprint density at radius 2 is 2.11 bits per heavy atom. The van der Waals surface area contributed by atoms with Crippen LogP contribution in [0.5, 0.6) is 0 Å². The van der Waals surface area contributed by atoms with Gasteiger partial charge in [0.25, 0.3) is 5.56 Å². The van der Waals surface area contributed by atoms with Crippen molar-refractivity contribution in [3.63, 3.8) is 0 Å². The minimum Gasteiger partial charge on any atom is -0.373 e. The molecule has 0 fully saturated rings. The maximum atomic E-state index is 11.9. The number of anilines is 1. The van der Waals surface area contributed by atoms with Crippen molar-refractivity contribution in [2.24, 2.45) is 0 Å². The van der Waals surface area contributed by atoms with Crippen molar-refractivity contribution in [3.8, 4) is 0 Å². The van der Waals surface area contributed by atoms with Crippen LogP contribution in [0.25, 0.3) is 0 Å². The number of hydrogen-bond acceptors (Lipinski definition) is 4. The first-order valence-corrected chi connectivity index (χ1v) is 5.78. The summed E-state index contributed by atoms with van der Waals surface area (Å²) in [6, 6.07) is 5.52. The zero-order chi connectivity index (χ0) is 13.1. The predicted octanol–water partition coefficient (Wildman–Crippen LogP) is 1.35. The monoisotopic (exact) mass is 244 g/mol. The lowest BCUT2D eigenvalue weighted by atomic mass is 10.3. The molecule has 0 saturated carbocycles. The van der Waals surface area contributed by atoms with Crippen molar-refractivity contribution in [1.82, 2.24) is 14.5 Å². The van der Waals surface area contributed by atoms with Crippen LogP contribution in [0.4, 0.5) is 5.82 Å². The quantitative estimate of drug-likeness (QED) is 0.885. The Kier molecular flexibility index (Phi) is 3.41. The Balaban J connectivity index is 2.37. The third-order valence-electron chi connectivity index (χ3n) is 2.68. The van der Waals surface area contributed by atoms with Gasteiger partial charge < -0.3 is 9.88 Å². The summed E-state index contributed by atoms with van der Waals surface area (Å²) in [6.45, 7) is 4.09. The molecule has 0 aliphatic heterocycles. The van der Waals surface area contributed by atoms with Crippen LogP contribution in [0.2, 0.25) is 0 Å². The number of aryl methyl sites for hydroxylation is 2. The van der Waals surface area contributed by atoms with Crippen molar-refractivity contribution in [2.45, 2.75) is 20.4 Å². The summed E-state index contributed by atoms with van der Waals surface area (Å²) >= 11 is 0. The molecule has 2 aromatic heterocycles. The summed E-state index contributed by atoms with van der Waals surface area (Å²) < 4.78 is 1.61. The fraction of sp³-hybridized carbons (Fsp3) is 0.308. The Morgan fingerprint density at radius 3 is 2.83 bits per heavy atom. The van der Waals surface area contributed by atoms with E-state index in [1.807, 2.05) is 26.1 Å². The fourth-order valence-corrected chi connectivity index (χ4v) is 1.76. The van der Waals surface area contributed by atoms with E-state index in [1.165, 1.54) is 0 Å². The number of hydrogen-bond donors (Lipinski definition) is 1. The first kappa shape index (κ1) is 12.3. The molecule has 94 valence electrons. The minimum absolute atomic E-state index is 0.00591. The lowest BCUT2D eigenvalue weighted by Crippen LogP contribution is -2.22. The third kappa shape index (κ3) is 2.56. The van der Waals surface area contributed by atoms with Crippen molar-refractivity contribution in [1.29, 1.82) is 0 Å². The Bertz CT molecular complexity index is 619. The van der Waals surface area contributed by atoms with Crippen LogP contribution >= 0.6 is 0 Å². The fourth-order valence-electron chi connectivity index (χ4n) is 1.76. The first-order valence-electron chi connectivity index (χ1n) is 5.78. The first-order chi connectivity index (χ1) is 8.60. The van der Waals surface area contributed by atoms with Gasteiger partial charge in [-0.1, -0.05) is 6.07 Å². The average Bonchev–Trinajstić information content (AvgIpc) is 2.34.